The number of benzene rings is 2. The molecule has 2 aromatic carbocycles. The molecule has 0 aliphatic heterocycles. The fourth-order valence-corrected chi connectivity index (χ4v) is 2.36. The Balaban J connectivity index is 2.57. The normalized spacial score (nSPS) is 13.2. The van der Waals surface area contributed by atoms with E-state index in [4.69, 9.17) is 5.84 Å². The summed E-state index contributed by atoms with van der Waals surface area (Å²) in [5.41, 5.74) is 1.37. The van der Waals surface area contributed by atoms with Crippen LogP contribution in [0.15, 0.2) is 60.7 Å². The molecule has 0 aliphatic carbocycles. The summed E-state index contributed by atoms with van der Waals surface area (Å²) in [5.74, 6) is 3.24. The van der Waals surface area contributed by atoms with Crippen LogP contribution in [0.5, 0.6) is 0 Å². The molecule has 0 bridgehead atoms. The van der Waals surface area contributed by atoms with Gasteiger partial charge in [0, 0.05) is 6.42 Å². The third-order valence-corrected chi connectivity index (χ3v) is 3.46. The molecule has 21 heavy (non-hydrogen) atoms. The van der Waals surface area contributed by atoms with Crippen molar-refractivity contribution in [3.8, 4) is 0 Å². The molecule has 5 nitrogen and oxygen atoms in total. The van der Waals surface area contributed by atoms with Crippen molar-refractivity contribution in [3.05, 3.63) is 71.8 Å². The zero-order valence-electron chi connectivity index (χ0n) is 11.3. The number of nitrogens with two attached hydrogens (primary N) is 1. The Morgan fingerprint density at radius 2 is 1.52 bits per heavy atom. The van der Waals surface area contributed by atoms with E-state index in [0.717, 1.165) is 5.56 Å². The molecule has 0 aliphatic rings. The maximum Gasteiger partial charge on any atom is 0.324 e. The van der Waals surface area contributed by atoms with E-state index in [-0.39, 0.29) is 6.42 Å². The van der Waals surface area contributed by atoms with Gasteiger partial charge in [0.25, 0.3) is 5.91 Å². The third kappa shape index (κ3) is 2.78. The largest absolute Gasteiger partial charge is 0.480 e. The summed E-state index contributed by atoms with van der Waals surface area (Å²) >= 11 is 0. The predicted molar refractivity (Wildman–Crippen MR) is 78.2 cm³/mol. The van der Waals surface area contributed by atoms with Gasteiger partial charge in [-0.25, -0.2) is 5.84 Å². The van der Waals surface area contributed by atoms with E-state index < -0.39 is 17.3 Å². The minimum Gasteiger partial charge on any atom is -0.480 e. The first-order valence-electron chi connectivity index (χ1n) is 6.45. The van der Waals surface area contributed by atoms with Gasteiger partial charge in [0.1, 0.15) is 0 Å². The Bertz CT molecular complexity index is 628. The highest BCUT2D eigenvalue weighted by molar-refractivity contribution is 6.08. The van der Waals surface area contributed by atoms with Crippen molar-refractivity contribution in [2.75, 3.05) is 0 Å². The molecule has 0 aromatic heterocycles. The second-order valence-corrected chi connectivity index (χ2v) is 4.71. The number of hydrogen-bond acceptors (Lipinski definition) is 3. The second-order valence-electron chi connectivity index (χ2n) is 4.71. The van der Waals surface area contributed by atoms with Crippen LogP contribution in [-0.4, -0.2) is 17.0 Å². The highest BCUT2D eigenvalue weighted by Gasteiger charge is 2.47. The molecule has 0 heterocycles. The van der Waals surface area contributed by atoms with Crippen molar-refractivity contribution in [1.29, 1.82) is 0 Å². The molecule has 0 spiro atoms. The molecule has 0 radical (unpaired) electrons. The van der Waals surface area contributed by atoms with Crippen molar-refractivity contribution in [3.63, 3.8) is 0 Å². The molecular formula is C16H16N2O3. The number of amides is 1. The Morgan fingerprint density at radius 1 is 1.00 bits per heavy atom. The first kappa shape index (κ1) is 14.7. The standard InChI is InChI=1S/C16H16N2O3/c17-18-14(19)16(15(20)21,13-9-5-2-6-10-13)11-12-7-3-1-4-8-12/h1-10H,11,17H2,(H,18,19)(H,20,21). The Hall–Kier alpha value is -2.66. The quantitative estimate of drug-likeness (QED) is 0.333. The number of hydrazine groups is 1. The average Bonchev–Trinajstić information content (AvgIpc) is 2.53. The summed E-state index contributed by atoms with van der Waals surface area (Å²) in [5, 5.41) is 9.72. The predicted octanol–water partition coefficient (Wildman–Crippen LogP) is 1.24. The molecule has 4 N–H and O–H groups in total. The summed E-state index contributed by atoms with van der Waals surface area (Å²) in [6.45, 7) is 0. The van der Waals surface area contributed by atoms with Gasteiger partial charge in [-0.05, 0) is 11.1 Å². The van der Waals surface area contributed by atoms with Crippen molar-refractivity contribution in [2.24, 2.45) is 5.84 Å². The van der Waals surface area contributed by atoms with Crippen LogP contribution in [-0.2, 0) is 21.4 Å². The van der Waals surface area contributed by atoms with E-state index in [2.05, 4.69) is 0 Å². The second kappa shape index (κ2) is 6.19. The highest BCUT2D eigenvalue weighted by Crippen LogP contribution is 2.29. The van der Waals surface area contributed by atoms with Gasteiger partial charge in [0.05, 0.1) is 0 Å². The molecule has 0 saturated carbocycles. The van der Waals surface area contributed by atoms with E-state index in [1.54, 1.807) is 54.6 Å². The molecule has 0 fully saturated rings. The van der Waals surface area contributed by atoms with Gasteiger partial charge in [0.2, 0.25) is 0 Å². The number of carbonyl (C=O) groups excluding carboxylic acids is 1. The van der Waals surface area contributed by atoms with E-state index in [0.29, 0.717) is 5.56 Å². The lowest BCUT2D eigenvalue weighted by atomic mass is 9.74. The molecular weight excluding hydrogens is 268 g/mol. The zero-order chi connectivity index (χ0) is 15.3. The lowest BCUT2D eigenvalue weighted by Crippen LogP contribution is -2.53. The Morgan fingerprint density at radius 3 is 2.00 bits per heavy atom. The van der Waals surface area contributed by atoms with Crippen molar-refractivity contribution in [1.82, 2.24) is 5.43 Å². The number of nitrogens with one attached hydrogen (secondary N) is 1. The lowest BCUT2D eigenvalue weighted by molar-refractivity contribution is -0.149. The van der Waals surface area contributed by atoms with Gasteiger partial charge in [-0.2, -0.15) is 0 Å². The van der Waals surface area contributed by atoms with Crippen LogP contribution >= 0.6 is 0 Å². The molecule has 5 heteroatoms. The van der Waals surface area contributed by atoms with Gasteiger partial charge in [-0.15, -0.1) is 0 Å². The summed E-state index contributed by atoms with van der Waals surface area (Å²) in [6, 6.07) is 17.4. The smallest absolute Gasteiger partial charge is 0.324 e. The number of carboxylic acid groups (broad SMARTS) is 1. The maximum atomic E-state index is 12.3. The zero-order valence-corrected chi connectivity index (χ0v) is 11.3. The number of carbonyl (C=O) groups is 2. The average molecular weight is 284 g/mol. The molecule has 0 saturated heterocycles. The number of hydrogen-bond donors (Lipinski definition) is 3. The van der Waals surface area contributed by atoms with Crippen LogP contribution in [0.4, 0.5) is 0 Å². The summed E-state index contributed by atoms with van der Waals surface area (Å²) in [4.78, 5) is 24.2. The number of rotatable bonds is 5. The van der Waals surface area contributed by atoms with Crippen LogP contribution in [0.2, 0.25) is 0 Å². The van der Waals surface area contributed by atoms with Crippen LogP contribution in [0.3, 0.4) is 0 Å². The first-order chi connectivity index (χ1) is 10.1. The van der Waals surface area contributed by atoms with Gasteiger partial charge >= 0.3 is 5.97 Å². The van der Waals surface area contributed by atoms with Crippen molar-refractivity contribution < 1.29 is 14.7 Å². The monoisotopic (exact) mass is 284 g/mol. The van der Waals surface area contributed by atoms with E-state index >= 15 is 0 Å². The highest BCUT2D eigenvalue weighted by atomic mass is 16.4. The molecule has 1 atom stereocenters. The molecule has 1 unspecified atom stereocenters. The van der Waals surface area contributed by atoms with E-state index in [9.17, 15) is 14.7 Å². The van der Waals surface area contributed by atoms with Gasteiger partial charge in [-0.3, -0.25) is 15.0 Å². The van der Waals surface area contributed by atoms with Crippen LogP contribution in [0.25, 0.3) is 0 Å². The minimum absolute atomic E-state index is 0.0240. The summed E-state index contributed by atoms with van der Waals surface area (Å²) in [7, 11) is 0. The fraction of sp³-hybridized carbons (Fsp3) is 0.125. The Labute approximate surface area is 122 Å². The number of aliphatic carboxylic acids is 1. The summed E-state index contributed by atoms with van der Waals surface area (Å²) < 4.78 is 0. The summed E-state index contributed by atoms with van der Waals surface area (Å²) in [6.07, 6.45) is 0.0240. The molecule has 2 rings (SSSR count). The van der Waals surface area contributed by atoms with Crippen LogP contribution in [0, 0.1) is 0 Å². The fourth-order valence-electron chi connectivity index (χ4n) is 2.36. The maximum absolute atomic E-state index is 12.3. The Kier molecular flexibility index (Phi) is 4.35. The van der Waals surface area contributed by atoms with E-state index in [1.165, 1.54) is 0 Å². The number of carboxylic acids is 1. The lowest BCUT2D eigenvalue weighted by Gasteiger charge is -2.28. The van der Waals surface area contributed by atoms with Crippen LogP contribution < -0.4 is 11.3 Å². The SMILES string of the molecule is NNC(=O)C(Cc1ccccc1)(C(=O)O)c1ccccc1. The molecule has 2 aromatic rings. The molecule has 108 valence electrons. The molecule has 1 amide bonds. The topological polar surface area (TPSA) is 92.4 Å². The van der Waals surface area contributed by atoms with Crippen molar-refractivity contribution >= 4 is 11.9 Å². The van der Waals surface area contributed by atoms with Crippen LogP contribution in [0.1, 0.15) is 11.1 Å². The van der Waals surface area contributed by atoms with Crippen molar-refractivity contribution in [2.45, 2.75) is 11.8 Å². The van der Waals surface area contributed by atoms with E-state index in [1.807, 2.05) is 11.5 Å². The third-order valence-electron chi connectivity index (χ3n) is 3.46. The van der Waals surface area contributed by atoms with Gasteiger partial charge < -0.3 is 5.11 Å². The first-order valence-corrected chi connectivity index (χ1v) is 6.45. The minimum atomic E-state index is -1.75. The van der Waals surface area contributed by atoms with Gasteiger partial charge in [-0.1, -0.05) is 60.7 Å². The van der Waals surface area contributed by atoms with Gasteiger partial charge in [0.15, 0.2) is 5.41 Å².